The lowest BCUT2D eigenvalue weighted by Gasteiger charge is -2.32. The fourth-order valence-corrected chi connectivity index (χ4v) is 4.44. The Morgan fingerprint density at radius 3 is 2.40 bits per heavy atom. The van der Waals surface area contributed by atoms with Gasteiger partial charge in [0.05, 0.1) is 0 Å². The predicted molar refractivity (Wildman–Crippen MR) is 76.2 cm³/mol. The molecular weight excluding hydrogens is 352 g/mol. The zero-order chi connectivity index (χ0) is 14.9. The molecule has 0 bridgehead atoms. The lowest BCUT2D eigenvalue weighted by atomic mass is 9.96. The van der Waals surface area contributed by atoms with Gasteiger partial charge >= 0.3 is 0 Å². The largest absolute Gasteiger partial charge is 0.245 e. The smallest absolute Gasteiger partial charge is 0.207 e. The van der Waals surface area contributed by atoms with Gasteiger partial charge in [0.1, 0.15) is 16.5 Å². The third-order valence-electron chi connectivity index (χ3n) is 3.66. The Kier molecular flexibility index (Phi) is 4.81. The van der Waals surface area contributed by atoms with E-state index in [9.17, 15) is 17.2 Å². The number of nitrogens with zero attached hydrogens (tertiary/aromatic N) is 1. The molecule has 1 aliphatic heterocycles. The summed E-state index contributed by atoms with van der Waals surface area (Å²) in [6.45, 7) is 2.76. The van der Waals surface area contributed by atoms with E-state index in [1.54, 1.807) is 0 Å². The summed E-state index contributed by atoms with van der Waals surface area (Å²) in [6, 6.07) is 2.54. The summed E-state index contributed by atoms with van der Waals surface area (Å²) >= 11 is 3.50. The molecule has 0 saturated carbocycles. The highest BCUT2D eigenvalue weighted by molar-refractivity contribution is 9.09. The van der Waals surface area contributed by atoms with Crippen molar-refractivity contribution in [3.05, 3.63) is 29.8 Å². The zero-order valence-electron chi connectivity index (χ0n) is 11.0. The number of sulfonamides is 1. The molecule has 0 radical (unpaired) electrons. The highest BCUT2D eigenvalue weighted by atomic mass is 79.9. The third-order valence-corrected chi connectivity index (χ3v) is 6.34. The SMILES string of the molecule is CC(Br)C1CCN(S(=O)(=O)c2ccc(F)cc2F)CC1. The maximum Gasteiger partial charge on any atom is 0.245 e. The van der Waals surface area contributed by atoms with Crippen LogP contribution < -0.4 is 0 Å². The van der Waals surface area contributed by atoms with Crippen molar-refractivity contribution in [2.75, 3.05) is 13.1 Å². The van der Waals surface area contributed by atoms with Crippen molar-refractivity contribution in [2.24, 2.45) is 5.92 Å². The Morgan fingerprint density at radius 2 is 1.90 bits per heavy atom. The summed E-state index contributed by atoms with van der Waals surface area (Å²) in [5.74, 6) is -1.41. The van der Waals surface area contributed by atoms with Gasteiger partial charge in [-0.1, -0.05) is 22.9 Å². The lowest BCUT2D eigenvalue weighted by molar-refractivity contribution is 0.274. The second kappa shape index (κ2) is 6.07. The molecule has 1 saturated heterocycles. The van der Waals surface area contributed by atoms with Crippen LogP contribution in [0.4, 0.5) is 8.78 Å². The second-order valence-electron chi connectivity index (χ2n) is 4.99. The van der Waals surface area contributed by atoms with E-state index in [0.717, 1.165) is 25.0 Å². The van der Waals surface area contributed by atoms with E-state index >= 15 is 0 Å². The first-order chi connectivity index (χ1) is 9.32. The van der Waals surface area contributed by atoms with Gasteiger partial charge in [-0.3, -0.25) is 0 Å². The van der Waals surface area contributed by atoms with Crippen molar-refractivity contribution in [2.45, 2.75) is 29.5 Å². The number of rotatable bonds is 3. The van der Waals surface area contributed by atoms with E-state index in [-0.39, 0.29) is 0 Å². The molecule has 0 aromatic heterocycles. The minimum atomic E-state index is -3.88. The van der Waals surface area contributed by atoms with Crippen molar-refractivity contribution in [3.8, 4) is 0 Å². The molecule has 0 spiro atoms. The van der Waals surface area contributed by atoms with E-state index in [4.69, 9.17) is 0 Å². The van der Waals surface area contributed by atoms with Crippen molar-refractivity contribution >= 4 is 26.0 Å². The topological polar surface area (TPSA) is 37.4 Å². The average Bonchev–Trinajstić information content (AvgIpc) is 2.38. The van der Waals surface area contributed by atoms with Crippen LogP contribution in [0.5, 0.6) is 0 Å². The lowest BCUT2D eigenvalue weighted by Crippen LogP contribution is -2.40. The number of alkyl halides is 1. The van der Waals surface area contributed by atoms with Gasteiger partial charge in [0, 0.05) is 24.0 Å². The molecule has 1 aliphatic rings. The maximum absolute atomic E-state index is 13.7. The van der Waals surface area contributed by atoms with Crippen LogP contribution in [0.1, 0.15) is 19.8 Å². The van der Waals surface area contributed by atoms with Gasteiger partial charge < -0.3 is 0 Å². The first-order valence-corrected chi connectivity index (χ1v) is 8.77. The van der Waals surface area contributed by atoms with E-state index in [0.29, 0.717) is 29.9 Å². The molecule has 112 valence electrons. The molecule has 0 amide bonds. The number of hydrogen-bond donors (Lipinski definition) is 0. The van der Waals surface area contributed by atoms with Gasteiger partial charge in [0.15, 0.2) is 0 Å². The van der Waals surface area contributed by atoms with Gasteiger partial charge in [0.25, 0.3) is 0 Å². The highest BCUT2D eigenvalue weighted by Gasteiger charge is 2.32. The Labute approximate surface area is 126 Å². The van der Waals surface area contributed by atoms with Crippen molar-refractivity contribution in [3.63, 3.8) is 0 Å². The molecule has 1 fully saturated rings. The fraction of sp³-hybridized carbons (Fsp3) is 0.538. The summed E-state index contributed by atoms with van der Waals surface area (Å²) in [4.78, 5) is -0.126. The molecule has 0 aliphatic carbocycles. The number of benzene rings is 1. The Balaban J connectivity index is 2.20. The summed E-state index contributed by atoms with van der Waals surface area (Å²) in [5, 5.41) is 0. The predicted octanol–water partition coefficient (Wildman–Crippen LogP) is 3.15. The van der Waals surface area contributed by atoms with Crippen LogP contribution in [0.15, 0.2) is 23.1 Å². The number of piperidine rings is 1. The summed E-state index contributed by atoms with van der Waals surface area (Å²) < 4.78 is 52.5. The quantitative estimate of drug-likeness (QED) is 0.769. The van der Waals surface area contributed by atoms with E-state index < -0.39 is 26.6 Å². The second-order valence-corrected chi connectivity index (χ2v) is 8.34. The summed E-state index contributed by atoms with van der Waals surface area (Å²) in [7, 11) is -3.88. The Hall–Kier alpha value is -0.530. The monoisotopic (exact) mass is 367 g/mol. The molecule has 1 aromatic rings. The van der Waals surface area contributed by atoms with Crippen molar-refractivity contribution < 1.29 is 17.2 Å². The van der Waals surface area contributed by atoms with Gasteiger partial charge in [-0.25, -0.2) is 17.2 Å². The minimum Gasteiger partial charge on any atom is -0.207 e. The number of halogens is 3. The maximum atomic E-state index is 13.7. The molecule has 1 unspecified atom stereocenters. The van der Waals surface area contributed by atoms with Crippen molar-refractivity contribution in [1.29, 1.82) is 0 Å². The standard InChI is InChI=1S/C13H16BrF2NO2S/c1-9(14)10-4-6-17(7-5-10)20(18,19)13-3-2-11(15)8-12(13)16/h2-3,8-10H,4-7H2,1H3. The Bertz CT molecular complexity index is 584. The normalized spacial score (nSPS) is 20.0. The highest BCUT2D eigenvalue weighted by Crippen LogP contribution is 2.29. The minimum absolute atomic E-state index is 0.329. The van der Waals surface area contributed by atoms with E-state index in [1.807, 2.05) is 6.92 Å². The molecule has 20 heavy (non-hydrogen) atoms. The van der Waals surface area contributed by atoms with Crippen LogP contribution in [0.3, 0.4) is 0 Å². The van der Waals surface area contributed by atoms with Gasteiger partial charge in [-0.05, 0) is 30.9 Å². The first kappa shape index (κ1) is 15.9. The molecular formula is C13H16BrF2NO2S. The van der Waals surface area contributed by atoms with Crippen LogP contribution in [-0.2, 0) is 10.0 Å². The van der Waals surface area contributed by atoms with E-state index in [2.05, 4.69) is 15.9 Å². The molecule has 1 aromatic carbocycles. The van der Waals surface area contributed by atoms with Gasteiger partial charge in [-0.15, -0.1) is 0 Å². The number of hydrogen-bond acceptors (Lipinski definition) is 2. The van der Waals surface area contributed by atoms with E-state index in [1.165, 1.54) is 4.31 Å². The van der Waals surface area contributed by atoms with Gasteiger partial charge in [0.2, 0.25) is 10.0 Å². The van der Waals surface area contributed by atoms with Crippen LogP contribution in [-0.4, -0.2) is 30.6 Å². The van der Waals surface area contributed by atoms with Crippen LogP contribution >= 0.6 is 15.9 Å². The first-order valence-electron chi connectivity index (χ1n) is 6.41. The third kappa shape index (κ3) is 3.20. The summed E-state index contributed by atoms with van der Waals surface area (Å²) in [6.07, 6.45) is 1.46. The molecule has 3 nitrogen and oxygen atoms in total. The van der Waals surface area contributed by atoms with Crippen molar-refractivity contribution in [1.82, 2.24) is 4.31 Å². The molecule has 7 heteroatoms. The average molecular weight is 368 g/mol. The van der Waals surface area contributed by atoms with Crippen LogP contribution in [0.25, 0.3) is 0 Å². The molecule has 2 rings (SSSR count). The molecule has 1 atom stereocenters. The Morgan fingerprint density at radius 1 is 1.30 bits per heavy atom. The zero-order valence-corrected chi connectivity index (χ0v) is 13.4. The summed E-state index contributed by atoms with van der Waals surface area (Å²) in [5.41, 5.74) is 0. The van der Waals surface area contributed by atoms with Gasteiger partial charge in [-0.2, -0.15) is 4.31 Å². The van der Waals surface area contributed by atoms with Crippen LogP contribution in [0, 0.1) is 17.6 Å². The molecule has 0 N–H and O–H groups in total. The fourth-order valence-electron chi connectivity index (χ4n) is 2.40. The molecule has 1 heterocycles. The van der Waals surface area contributed by atoms with Crippen LogP contribution in [0.2, 0.25) is 0 Å².